The summed E-state index contributed by atoms with van der Waals surface area (Å²) in [5.41, 5.74) is -0.0442. The number of benzene rings is 2. The molecule has 13 nitrogen and oxygen atoms in total. The lowest BCUT2D eigenvalue weighted by atomic mass is 9.77. The number of nitrogens with zero attached hydrogens (tertiary/aromatic N) is 3. The van der Waals surface area contributed by atoms with Crippen molar-refractivity contribution in [2.45, 2.75) is 77.0 Å². The molecule has 1 aliphatic carbocycles. The number of methoxy groups -OCH3 is 1. The number of sulfonamides is 1. The second-order valence-electron chi connectivity index (χ2n) is 16.0. The molecule has 3 fully saturated rings. The summed E-state index contributed by atoms with van der Waals surface area (Å²) in [6.07, 6.45) is 4.77. The lowest BCUT2D eigenvalue weighted by Gasteiger charge is -2.36. The van der Waals surface area contributed by atoms with Crippen molar-refractivity contribution in [2.24, 2.45) is 17.3 Å². The van der Waals surface area contributed by atoms with E-state index in [2.05, 4.69) is 11.9 Å². The first-order valence-corrected chi connectivity index (χ1v) is 20.7. The minimum absolute atomic E-state index is 0.0187. The summed E-state index contributed by atoms with van der Waals surface area (Å²) in [6.45, 7) is 10.8. The Balaban J connectivity index is 1.35. The lowest BCUT2D eigenvalue weighted by molar-refractivity contribution is -0.148. The number of carbonyl (C=O) groups is 4. The molecular formula is C41H51N5O8S. The molecule has 1 unspecified atom stereocenters. The normalized spacial score (nSPS) is 23.1. The molecule has 1 saturated carbocycles. The molecule has 14 heteroatoms. The lowest BCUT2D eigenvalue weighted by Crippen LogP contribution is -2.57. The molecule has 3 heterocycles. The third-order valence-electron chi connectivity index (χ3n) is 11.0. The molecule has 3 aromatic rings. The molecule has 4 amide bonds. The van der Waals surface area contributed by atoms with Crippen molar-refractivity contribution in [1.29, 1.82) is 0 Å². The van der Waals surface area contributed by atoms with E-state index in [0.717, 1.165) is 31.1 Å². The molecule has 2 N–H and O–H groups in total. The Kier molecular flexibility index (Phi) is 11.3. The van der Waals surface area contributed by atoms with Crippen molar-refractivity contribution in [3.63, 3.8) is 0 Å². The Morgan fingerprint density at radius 1 is 1.05 bits per heavy atom. The van der Waals surface area contributed by atoms with Crippen molar-refractivity contribution in [1.82, 2.24) is 24.8 Å². The average molecular weight is 774 g/mol. The van der Waals surface area contributed by atoms with Gasteiger partial charge in [0.2, 0.25) is 27.7 Å². The molecule has 0 bridgehead atoms. The molecular weight excluding hydrogens is 723 g/mol. The fraction of sp³-hybridized carbons (Fsp3) is 0.488. The van der Waals surface area contributed by atoms with Crippen LogP contribution in [0.15, 0.2) is 67.3 Å². The zero-order chi connectivity index (χ0) is 39.7. The Labute approximate surface area is 322 Å². The average Bonchev–Trinajstić information content (AvgIpc) is 3.71. The number of nitrogens with one attached hydrogen (secondary N) is 2. The van der Waals surface area contributed by atoms with E-state index < -0.39 is 56.8 Å². The van der Waals surface area contributed by atoms with Crippen LogP contribution < -0.4 is 19.5 Å². The summed E-state index contributed by atoms with van der Waals surface area (Å²) in [7, 11) is -2.36. The largest absolute Gasteiger partial charge is 0.497 e. The van der Waals surface area contributed by atoms with E-state index in [1.54, 1.807) is 13.2 Å². The van der Waals surface area contributed by atoms with Gasteiger partial charge < -0.3 is 24.6 Å². The number of ether oxygens (including phenoxy) is 2. The minimum Gasteiger partial charge on any atom is -0.497 e. The van der Waals surface area contributed by atoms with Gasteiger partial charge >= 0.3 is 0 Å². The molecule has 1 aromatic heterocycles. The van der Waals surface area contributed by atoms with Crippen molar-refractivity contribution in [3.8, 4) is 22.8 Å². The fourth-order valence-electron chi connectivity index (χ4n) is 7.72. The van der Waals surface area contributed by atoms with Gasteiger partial charge in [-0.1, -0.05) is 57.2 Å². The van der Waals surface area contributed by atoms with Gasteiger partial charge in [0.15, 0.2) is 0 Å². The van der Waals surface area contributed by atoms with E-state index in [1.807, 2.05) is 78.9 Å². The molecule has 5 atom stereocenters. The standard InChI is InChI=1S/C41H51N5O8S/c1-7-27-24-41(27,39(50)44-55(6,51)52)43-37(48)34-21-29(25-46(34)38(49)31(40(2,3)4)22-36(47)45-18-12-9-13-19-45)54-35-23-32(26-14-10-8-11-15-26)42-33-20-28(53-5)16-17-30(33)35/h7-8,10-11,14-17,20,23,27,29,31,34H,1,9,12-13,18-19,21-22,24-25H2,2-6H3,(H,43,48)(H,44,50)/t27-,29-,31?,34+,41-/m1/s1. The number of carbonyl (C=O) groups excluding carboxylic acids is 4. The highest BCUT2D eigenvalue weighted by Crippen LogP contribution is 2.45. The Hall–Kier alpha value is -4.98. The van der Waals surface area contributed by atoms with E-state index in [0.29, 0.717) is 41.2 Å². The van der Waals surface area contributed by atoms with E-state index in [1.165, 1.54) is 11.0 Å². The maximum absolute atomic E-state index is 14.8. The van der Waals surface area contributed by atoms with Crippen LogP contribution in [0.3, 0.4) is 0 Å². The van der Waals surface area contributed by atoms with Crippen LogP contribution in [0.25, 0.3) is 22.2 Å². The maximum atomic E-state index is 14.8. The molecule has 2 aromatic carbocycles. The van der Waals surface area contributed by atoms with Crippen LogP contribution in [-0.2, 0) is 29.2 Å². The number of piperidine rings is 1. The van der Waals surface area contributed by atoms with Crippen LogP contribution in [0.5, 0.6) is 11.5 Å². The van der Waals surface area contributed by atoms with Crippen LogP contribution in [0.1, 0.15) is 59.3 Å². The summed E-state index contributed by atoms with van der Waals surface area (Å²) in [6, 6.07) is 15.8. The second-order valence-corrected chi connectivity index (χ2v) is 17.8. The predicted octanol–water partition coefficient (Wildman–Crippen LogP) is 4.46. The van der Waals surface area contributed by atoms with Gasteiger partial charge in [-0.25, -0.2) is 13.4 Å². The van der Waals surface area contributed by atoms with Gasteiger partial charge in [-0.2, -0.15) is 0 Å². The third kappa shape index (κ3) is 8.79. The monoisotopic (exact) mass is 773 g/mol. The first-order valence-electron chi connectivity index (χ1n) is 18.8. The molecule has 3 aliphatic rings. The summed E-state index contributed by atoms with van der Waals surface area (Å²) >= 11 is 0. The second kappa shape index (κ2) is 15.6. The van der Waals surface area contributed by atoms with Crippen molar-refractivity contribution < 1.29 is 37.1 Å². The molecule has 0 radical (unpaired) electrons. The molecule has 2 saturated heterocycles. The van der Waals surface area contributed by atoms with Crippen LogP contribution in [-0.4, -0.2) is 97.5 Å². The van der Waals surface area contributed by atoms with Gasteiger partial charge in [0.05, 0.1) is 37.0 Å². The third-order valence-corrected chi connectivity index (χ3v) is 11.5. The zero-order valence-corrected chi connectivity index (χ0v) is 33.0. The number of hydrogen-bond donors (Lipinski definition) is 2. The van der Waals surface area contributed by atoms with Crippen LogP contribution >= 0.6 is 0 Å². The Morgan fingerprint density at radius 3 is 2.38 bits per heavy atom. The number of pyridine rings is 1. The van der Waals surface area contributed by atoms with Crippen LogP contribution in [0.2, 0.25) is 0 Å². The van der Waals surface area contributed by atoms with Gasteiger partial charge in [-0.3, -0.25) is 23.9 Å². The number of fused-ring (bicyclic) bond motifs is 1. The van der Waals surface area contributed by atoms with E-state index >= 15 is 0 Å². The predicted molar refractivity (Wildman–Crippen MR) is 208 cm³/mol. The van der Waals surface area contributed by atoms with E-state index in [-0.39, 0.29) is 37.6 Å². The van der Waals surface area contributed by atoms with E-state index in [9.17, 15) is 27.6 Å². The summed E-state index contributed by atoms with van der Waals surface area (Å²) < 4.78 is 38.3. The topological polar surface area (TPSA) is 164 Å². The molecule has 55 heavy (non-hydrogen) atoms. The first-order chi connectivity index (χ1) is 26.0. The Bertz CT molecular complexity index is 2080. The number of amides is 4. The summed E-state index contributed by atoms with van der Waals surface area (Å²) in [5.74, 6) is -2.14. The SMILES string of the molecule is C=C[C@@H]1C[C@]1(NC(=O)[C@@H]1C[C@@H](Oc2cc(-c3ccccc3)nc3cc(OC)ccc23)CN1C(=O)C(CC(=O)N1CCCCC1)C(C)(C)C)C(=O)NS(C)(=O)=O. The minimum atomic E-state index is -3.93. The highest BCUT2D eigenvalue weighted by atomic mass is 32.2. The number of likely N-dealkylation sites (tertiary alicyclic amines) is 2. The molecule has 6 rings (SSSR count). The smallest absolute Gasteiger partial charge is 0.259 e. The number of rotatable bonds is 12. The quantitative estimate of drug-likeness (QED) is 0.253. The highest BCUT2D eigenvalue weighted by Gasteiger charge is 2.61. The van der Waals surface area contributed by atoms with Crippen molar-refractivity contribution in [2.75, 3.05) is 33.0 Å². The van der Waals surface area contributed by atoms with Crippen molar-refractivity contribution >= 4 is 44.6 Å². The number of hydrogen-bond acceptors (Lipinski definition) is 9. The fourth-order valence-corrected chi connectivity index (χ4v) is 8.24. The maximum Gasteiger partial charge on any atom is 0.259 e. The van der Waals surface area contributed by atoms with Crippen LogP contribution in [0, 0.1) is 17.3 Å². The summed E-state index contributed by atoms with van der Waals surface area (Å²) in [5, 5.41) is 3.51. The summed E-state index contributed by atoms with van der Waals surface area (Å²) in [4.78, 5) is 64.2. The van der Waals surface area contributed by atoms with Gasteiger partial charge in [-0.15, -0.1) is 6.58 Å². The van der Waals surface area contributed by atoms with Gasteiger partial charge in [-0.05, 0) is 43.2 Å². The molecule has 0 spiro atoms. The number of aromatic nitrogens is 1. The van der Waals surface area contributed by atoms with Crippen LogP contribution in [0.4, 0.5) is 0 Å². The van der Waals surface area contributed by atoms with Gasteiger partial charge in [0.25, 0.3) is 5.91 Å². The zero-order valence-electron chi connectivity index (χ0n) is 32.2. The van der Waals surface area contributed by atoms with Gasteiger partial charge in [0, 0.05) is 54.9 Å². The molecule has 294 valence electrons. The molecule has 2 aliphatic heterocycles. The highest BCUT2D eigenvalue weighted by molar-refractivity contribution is 7.89. The van der Waals surface area contributed by atoms with Crippen molar-refractivity contribution in [3.05, 3.63) is 67.3 Å². The van der Waals surface area contributed by atoms with E-state index in [4.69, 9.17) is 14.5 Å². The van der Waals surface area contributed by atoms with Gasteiger partial charge in [0.1, 0.15) is 29.2 Å². The first kappa shape index (κ1) is 39.7. The Morgan fingerprint density at radius 2 is 1.76 bits per heavy atom.